The van der Waals surface area contributed by atoms with Crippen LogP contribution in [-0.4, -0.2) is 22.1 Å². The third-order valence-corrected chi connectivity index (χ3v) is 2.53. The molecule has 0 aliphatic heterocycles. The first kappa shape index (κ1) is 12.6. The van der Waals surface area contributed by atoms with Gasteiger partial charge in [-0.3, -0.25) is 4.98 Å². The highest BCUT2D eigenvalue weighted by molar-refractivity contribution is 7.71. The lowest BCUT2D eigenvalue weighted by Gasteiger charge is -2.07. The monoisotopic (exact) mass is 269 g/mol. The number of nitrogens with zero attached hydrogens (tertiary/aromatic N) is 2. The zero-order valence-electron chi connectivity index (χ0n) is 9.62. The van der Waals surface area contributed by atoms with Gasteiger partial charge in [-0.25, -0.2) is 8.78 Å². The van der Waals surface area contributed by atoms with Gasteiger partial charge in [0.05, 0.1) is 12.7 Å². The lowest BCUT2D eigenvalue weighted by atomic mass is 10.1. The zero-order chi connectivity index (χ0) is 13.3. The number of H-pyrrole nitrogens is 1. The highest BCUT2D eigenvalue weighted by Gasteiger charge is 2.16. The molecule has 0 saturated heterocycles. The van der Waals surface area contributed by atoms with Crippen LogP contribution in [0, 0.1) is 23.3 Å². The van der Waals surface area contributed by atoms with Crippen LogP contribution in [0.25, 0.3) is 11.4 Å². The van der Waals surface area contributed by atoms with Crippen LogP contribution in [0.4, 0.5) is 8.78 Å². The van der Waals surface area contributed by atoms with Gasteiger partial charge in [-0.05, 0) is 30.8 Å². The van der Waals surface area contributed by atoms with Crippen LogP contribution < -0.4 is 4.74 Å². The van der Waals surface area contributed by atoms with E-state index in [4.69, 9.17) is 17.0 Å². The van der Waals surface area contributed by atoms with Crippen LogP contribution in [-0.2, 0) is 0 Å². The number of rotatable bonds is 2. The summed E-state index contributed by atoms with van der Waals surface area (Å²) in [5, 5.41) is 0. The van der Waals surface area contributed by atoms with Gasteiger partial charge in [0.1, 0.15) is 11.6 Å². The van der Waals surface area contributed by atoms with Gasteiger partial charge in [-0.1, -0.05) is 6.07 Å². The number of hydrogen-bond acceptors (Lipinski definition) is 4. The van der Waals surface area contributed by atoms with Crippen LogP contribution in [0.15, 0.2) is 12.1 Å². The summed E-state index contributed by atoms with van der Waals surface area (Å²) in [6.45, 7) is 1.53. The van der Waals surface area contributed by atoms with Crippen molar-refractivity contribution in [1.82, 2.24) is 15.0 Å². The number of benzene rings is 1. The second-order valence-corrected chi connectivity index (χ2v) is 3.91. The Morgan fingerprint density at radius 1 is 1.28 bits per heavy atom. The number of halogens is 2. The molecule has 0 unspecified atom stereocenters. The molecule has 94 valence electrons. The highest BCUT2D eigenvalue weighted by atomic mass is 32.1. The van der Waals surface area contributed by atoms with E-state index < -0.39 is 11.6 Å². The molecule has 0 spiro atoms. The van der Waals surface area contributed by atoms with Crippen molar-refractivity contribution in [3.63, 3.8) is 0 Å². The van der Waals surface area contributed by atoms with E-state index in [0.29, 0.717) is 5.56 Å². The largest absolute Gasteiger partial charge is 0.468 e. The van der Waals surface area contributed by atoms with E-state index in [0.717, 1.165) is 0 Å². The van der Waals surface area contributed by atoms with Crippen LogP contribution in [0.1, 0.15) is 5.56 Å². The SMILES string of the molecule is COc1nc(=S)nc(-c2c(F)ccc(C)c2F)[nH]1. The van der Waals surface area contributed by atoms with Gasteiger partial charge in [-0.15, -0.1) is 0 Å². The summed E-state index contributed by atoms with van der Waals surface area (Å²) in [6.07, 6.45) is 0. The molecule has 0 radical (unpaired) electrons. The summed E-state index contributed by atoms with van der Waals surface area (Å²) in [4.78, 5) is 10.1. The van der Waals surface area contributed by atoms with Crippen molar-refractivity contribution in [2.45, 2.75) is 6.92 Å². The lowest BCUT2D eigenvalue weighted by molar-refractivity contribution is 0.377. The summed E-state index contributed by atoms with van der Waals surface area (Å²) in [7, 11) is 1.36. The van der Waals surface area contributed by atoms with Crippen LogP contribution in [0.3, 0.4) is 0 Å². The van der Waals surface area contributed by atoms with Gasteiger partial charge in [0, 0.05) is 0 Å². The van der Waals surface area contributed by atoms with E-state index >= 15 is 0 Å². The molecule has 7 heteroatoms. The third kappa shape index (κ3) is 2.21. The molecular weight excluding hydrogens is 260 g/mol. The fraction of sp³-hybridized carbons (Fsp3) is 0.182. The molecule has 0 fully saturated rings. The minimum absolute atomic E-state index is 0.0466. The number of aromatic nitrogens is 3. The Balaban J connectivity index is 2.73. The molecule has 0 saturated carbocycles. The molecule has 1 N–H and O–H groups in total. The van der Waals surface area contributed by atoms with Crippen LogP contribution >= 0.6 is 12.2 Å². The first-order valence-corrected chi connectivity index (χ1v) is 5.41. The van der Waals surface area contributed by atoms with E-state index in [9.17, 15) is 8.78 Å². The minimum Gasteiger partial charge on any atom is -0.468 e. The van der Waals surface area contributed by atoms with Gasteiger partial charge in [0.25, 0.3) is 6.01 Å². The summed E-state index contributed by atoms with van der Waals surface area (Å²) in [5.74, 6) is -1.48. The first-order valence-electron chi connectivity index (χ1n) is 5.00. The number of methoxy groups -OCH3 is 1. The molecule has 0 atom stereocenters. The summed E-state index contributed by atoms with van der Waals surface area (Å²) in [5.41, 5.74) is 0.0325. The Morgan fingerprint density at radius 2 is 2.00 bits per heavy atom. The maximum atomic E-state index is 13.9. The standard InChI is InChI=1S/C11H9F2N3OS/c1-5-3-4-6(12)7(8(5)13)9-14-10(17-2)16-11(18)15-9/h3-4H,1-2H3,(H,14,15,16,18). The minimum atomic E-state index is -0.732. The fourth-order valence-corrected chi connectivity index (χ4v) is 1.63. The van der Waals surface area contributed by atoms with Crippen LogP contribution in [0.5, 0.6) is 6.01 Å². The molecule has 1 heterocycles. The van der Waals surface area contributed by atoms with Crippen LogP contribution in [0.2, 0.25) is 0 Å². The molecule has 1 aromatic heterocycles. The Bertz CT molecular complexity index is 657. The maximum absolute atomic E-state index is 13.9. The molecule has 4 nitrogen and oxygen atoms in total. The van der Waals surface area contributed by atoms with E-state index in [1.165, 1.54) is 26.2 Å². The number of ether oxygens (including phenoxy) is 1. The van der Waals surface area contributed by atoms with Crippen molar-refractivity contribution in [3.05, 3.63) is 34.1 Å². The fourth-order valence-electron chi connectivity index (χ4n) is 1.45. The Labute approximate surface area is 107 Å². The first-order chi connectivity index (χ1) is 8.52. The molecule has 0 bridgehead atoms. The van der Waals surface area contributed by atoms with Gasteiger partial charge in [0.2, 0.25) is 4.77 Å². The van der Waals surface area contributed by atoms with Gasteiger partial charge in [0.15, 0.2) is 5.82 Å². The predicted molar refractivity (Wildman–Crippen MR) is 63.9 cm³/mol. The quantitative estimate of drug-likeness (QED) is 0.852. The molecule has 2 rings (SSSR count). The Hall–Kier alpha value is -1.89. The third-order valence-electron chi connectivity index (χ3n) is 2.34. The molecule has 18 heavy (non-hydrogen) atoms. The average molecular weight is 269 g/mol. The Morgan fingerprint density at radius 3 is 2.67 bits per heavy atom. The molecule has 0 aliphatic rings. The van der Waals surface area contributed by atoms with Crippen molar-refractivity contribution in [2.75, 3.05) is 7.11 Å². The summed E-state index contributed by atoms with van der Waals surface area (Å²) in [6, 6.07) is 2.56. The Kier molecular flexibility index (Phi) is 3.33. The number of aromatic amines is 1. The normalized spacial score (nSPS) is 10.4. The highest BCUT2D eigenvalue weighted by Crippen LogP contribution is 2.25. The van der Waals surface area contributed by atoms with Gasteiger partial charge in [-0.2, -0.15) is 9.97 Å². The summed E-state index contributed by atoms with van der Waals surface area (Å²) < 4.78 is 32.4. The topological polar surface area (TPSA) is 50.8 Å². The number of nitrogens with one attached hydrogen (secondary N) is 1. The number of hydrogen-bond donors (Lipinski definition) is 1. The average Bonchev–Trinajstić information content (AvgIpc) is 2.34. The predicted octanol–water partition coefficient (Wildman–Crippen LogP) is 2.80. The summed E-state index contributed by atoms with van der Waals surface area (Å²) >= 11 is 4.81. The van der Waals surface area contributed by atoms with Crippen molar-refractivity contribution >= 4 is 12.2 Å². The molecule has 0 amide bonds. The van der Waals surface area contributed by atoms with Crippen molar-refractivity contribution in [3.8, 4) is 17.4 Å². The van der Waals surface area contributed by atoms with E-state index in [-0.39, 0.29) is 22.2 Å². The van der Waals surface area contributed by atoms with Crippen molar-refractivity contribution in [1.29, 1.82) is 0 Å². The van der Waals surface area contributed by atoms with E-state index in [2.05, 4.69) is 15.0 Å². The van der Waals surface area contributed by atoms with E-state index in [1.54, 1.807) is 0 Å². The smallest absolute Gasteiger partial charge is 0.297 e. The second-order valence-electron chi connectivity index (χ2n) is 3.54. The van der Waals surface area contributed by atoms with Crippen molar-refractivity contribution < 1.29 is 13.5 Å². The van der Waals surface area contributed by atoms with Crippen molar-refractivity contribution in [2.24, 2.45) is 0 Å². The maximum Gasteiger partial charge on any atom is 0.297 e. The molecule has 1 aromatic carbocycles. The molecule has 0 aliphatic carbocycles. The second kappa shape index (κ2) is 4.77. The lowest BCUT2D eigenvalue weighted by Crippen LogP contribution is -2.02. The van der Waals surface area contributed by atoms with Gasteiger partial charge >= 0.3 is 0 Å². The van der Waals surface area contributed by atoms with E-state index in [1.807, 2.05) is 0 Å². The number of aryl methyl sites for hydroxylation is 1. The zero-order valence-corrected chi connectivity index (χ0v) is 10.4. The molecule has 2 aromatic rings. The van der Waals surface area contributed by atoms with Gasteiger partial charge < -0.3 is 4.74 Å². The molecular formula is C11H9F2N3OS.